The Bertz CT molecular complexity index is 1060. The molecule has 0 aliphatic rings. The molecule has 3 amide bonds. The zero-order chi connectivity index (χ0) is 27.6. The van der Waals surface area contributed by atoms with Crippen LogP contribution in [0.3, 0.4) is 0 Å². The number of benzene rings is 2. The summed E-state index contributed by atoms with van der Waals surface area (Å²) in [6.07, 6.45) is 1.44. The van der Waals surface area contributed by atoms with E-state index in [1.807, 2.05) is 75.4 Å². The van der Waals surface area contributed by atoms with Gasteiger partial charge in [0.2, 0.25) is 11.8 Å². The molecule has 0 heterocycles. The molecule has 0 aliphatic heterocycles. The van der Waals surface area contributed by atoms with Gasteiger partial charge in [0.05, 0.1) is 0 Å². The number of ether oxygens (including phenoxy) is 1. The summed E-state index contributed by atoms with van der Waals surface area (Å²) in [5.41, 5.74) is 1.75. The molecule has 2 unspecified atom stereocenters. The van der Waals surface area contributed by atoms with Gasteiger partial charge in [-0.15, -0.1) is 0 Å². The smallest absolute Gasteiger partial charge is 0.408 e. The van der Waals surface area contributed by atoms with E-state index in [1.54, 1.807) is 26.8 Å². The second-order valence-electron chi connectivity index (χ2n) is 10.4. The van der Waals surface area contributed by atoms with Crippen molar-refractivity contribution in [1.29, 1.82) is 0 Å². The van der Waals surface area contributed by atoms with Crippen LogP contribution in [0.15, 0.2) is 61.2 Å². The summed E-state index contributed by atoms with van der Waals surface area (Å²) in [5, 5.41) is 5.73. The van der Waals surface area contributed by atoms with E-state index >= 15 is 0 Å². The van der Waals surface area contributed by atoms with Crippen LogP contribution in [-0.2, 0) is 20.9 Å². The largest absolute Gasteiger partial charge is 0.444 e. The van der Waals surface area contributed by atoms with E-state index in [2.05, 4.69) is 17.2 Å². The normalized spacial score (nSPS) is 12.8. The first-order valence-corrected chi connectivity index (χ1v) is 12.8. The van der Waals surface area contributed by atoms with Crippen molar-refractivity contribution in [3.05, 3.63) is 77.9 Å². The lowest BCUT2D eigenvalue weighted by atomic mass is 9.98. The summed E-state index contributed by atoms with van der Waals surface area (Å²) in [6, 6.07) is 15.3. The van der Waals surface area contributed by atoms with E-state index in [0.717, 1.165) is 11.1 Å². The second-order valence-corrected chi connectivity index (χ2v) is 10.4. The molecule has 0 saturated heterocycles. The topological polar surface area (TPSA) is 87.7 Å². The summed E-state index contributed by atoms with van der Waals surface area (Å²) in [5.74, 6) is -0.524. The SMILES string of the molecule is C=Cc1cccc(C(C(=O)NCc2ccccc2)N(CC)C(=O)C(CC(C)C)NC(=O)OC(C)(C)C)c1. The van der Waals surface area contributed by atoms with Gasteiger partial charge >= 0.3 is 6.09 Å². The van der Waals surface area contributed by atoms with Gasteiger partial charge in [0.15, 0.2) is 0 Å². The number of rotatable bonds is 11. The Balaban J connectivity index is 2.41. The van der Waals surface area contributed by atoms with Crippen LogP contribution in [0.2, 0.25) is 0 Å². The average Bonchev–Trinajstić information content (AvgIpc) is 2.84. The molecule has 0 bridgehead atoms. The Labute approximate surface area is 221 Å². The number of nitrogens with one attached hydrogen (secondary N) is 2. The summed E-state index contributed by atoms with van der Waals surface area (Å²) in [7, 11) is 0. The van der Waals surface area contributed by atoms with Gasteiger partial charge in [0.25, 0.3) is 0 Å². The minimum Gasteiger partial charge on any atom is -0.444 e. The van der Waals surface area contributed by atoms with Crippen molar-refractivity contribution in [2.45, 2.75) is 72.2 Å². The summed E-state index contributed by atoms with van der Waals surface area (Å²) in [6.45, 7) is 15.5. The van der Waals surface area contributed by atoms with Crippen LogP contribution in [-0.4, -0.2) is 41.0 Å². The van der Waals surface area contributed by atoms with Crippen LogP contribution in [0.4, 0.5) is 4.79 Å². The molecule has 7 nitrogen and oxygen atoms in total. The Kier molecular flexibility index (Phi) is 10.9. The van der Waals surface area contributed by atoms with Crippen molar-refractivity contribution in [1.82, 2.24) is 15.5 Å². The van der Waals surface area contributed by atoms with Gasteiger partial charge in [0, 0.05) is 13.1 Å². The van der Waals surface area contributed by atoms with E-state index in [1.165, 1.54) is 4.90 Å². The highest BCUT2D eigenvalue weighted by atomic mass is 16.6. The van der Waals surface area contributed by atoms with E-state index in [-0.39, 0.29) is 24.3 Å². The predicted molar refractivity (Wildman–Crippen MR) is 148 cm³/mol. The molecule has 0 spiro atoms. The van der Waals surface area contributed by atoms with Crippen LogP contribution >= 0.6 is 0 Å². The Morgan fingerprint density at radius 3 is 2.30 bits per heavy atom. The van der Waals surface area contributed by atoms with Crippen molar-refractivity contribution in [2.75, 3.05) is 6.54 Å². The molecule has 0 aliphatic carbocycles. The predicted octanol–water partition coefficient (Wildman–Crippen LogP) is 5.48. The van der Waals surface area contributed by atoms with Gasteiger partial charge in [-0.3, -0.25) is 9.59 Å². The zero-order valence-corrected chi connectivity index (χ0v) is 22.9. The molecule has 2 atom stereocenters. The Morgan fingerprint density at radius 1 is 1.05 bits per heavy atom. The first-order valence-electron chi connectivity index (χ1n) is 12.8. The highest BCUT2D eigenvalue weighted by Crippen LogP contribution is 2.25. The Morgan fingerprint density at radius 2 is 1.73 bits per heavy atom. The quantitative estimate of drug-likeness (QED) is 0.422. The fourth-order valence-electron chi connectivity index (χ4n) is 4.02. The molecule has 37 heavy (non-hydrogen) atoms. The first kappa shape index (κ1) is 29.6. The molecular weight excluding hydrogens is 466 g/mol. The molecule has 0 fully saturated rings. The third kappa shape index (κ3) is 9.41. The zero-order valence-electron chi connectivity index (χ0n) is 22.9. The highest BCUT2D eigenvalue weighted by molar-refractivity contribution is 5.92. The third-order valence-electron chi connectivity index (χ3n) is 5.65. The van der Waals surface area contributed by atoms with E-state index in [0.29, 0.717) is 18.5 Å². The standard InChI is InChI=1S/C30H41N3O4/c1-8-22-16-13-17-24(19-22)26(27(34)31-20-23-14-11-10-12-15-23)33(9-2)28(35)25(18-21(3)4)32-29(36)37-30(5,6)7/h8,10-17,19,21,25-26H,1,9,18,20H2,2-7H3,(H,31,34)(H,32,36). The van der Waals surface area contributed by atoms with Crippen LogP contribution in [0.5, 0.6) is 0 Å². The van der Waals surface area contributed by atoms with E-state index in [9.17, 15) is 14.4 Å². The molecule has 7 heteroatoms. The monoisotopic (exact) mass is 507 g/mol. The molecule has 2 aromatic carbocycles. The van der Waals surface area contributed by atoms with Crippen molar-refractivity contribution in [3.8, 4) is 0 Å². The molecule has 2 aromatic rings. The minimum absolute atomic E-state index is 0.122. The number of carbonyl (C=O) groups excluding carboxylic acids is 3. The Hall–Kier alpha value is -3.61. The van der Waals surface area contributed by atoms with Gasteiger partial charge < -0.3 is 20.3 Å². The number of carbonyl (C=O) groups is 3. The van der Waals surface area contributed by atoms with Gasteiger partial charge in [0.1, 0.15) is 17.7 Å². The molecule has 0 radical (unpaired) electrons. The van der Waals surface area contributed by atoms with Crippen LogP contribution in [0.1, 0.15) is 70.7 Å². The summed E-state index contributed by atoms with van der Waals surface area (Å²) >= 11 is 0. The maximum atomic E-state index is 13.9. The fourth-order valence-corrected chi connectivity index (χ4v) is 4.02. The van der Waals surface area contributed by atoms with Crippen molar-refractivity contribution >= 4 is 24.0 Å². The lowest BCUT2D eigenvalue weighted by Gasteiger charge is -2.34. The number of amides is 3. The second kappa shape index (κ2) is 13.6. The lowest BCUT2D eigenvalue weighted by Crippen LogP contribution is -2.53. The van der Waals surface area contributed by atoms with Crippen LogP contribution in [0.25, 0.3) is 6.08 Å². The molecule has 0 saturated carbocycles. The van der Waals surface area contributed by atoms with Gasteiger partial charge in [-0.25, -0.2) is 4.79 Å². The molecule has 0 aromatic heterocycles. The number of nitrogens with zero attached hydrogens (tertiary/aromatic N) is 1. The van der Waals surface area contributed by atoms with Crippen LogP contribution in [0, 0.1) is 5.92 Å². The maximum absolute atomic E-state index is 13.9. The highest BCUT2D eigenvalue weighted by Gasteiger charge is 2.35. The average molecular weight is 508 g/mol. The van der Waals surface area contributed by atoms with Gasteiger partial charge in [-0.05, 0) is 62.8 Å². The number of hydrogen-bond donors (Lipinski definition) is 2. The number of likely N-dealkylation sites (N-methyl/N-ethyl adjacent to an activating group) is 1. The summed E-state index contributed by atoms with van der Waals surface area (Å²) in [4.78, 5) is 41.7. The van der Waals surface area contributed by atoms with Crippen molar-refractivity contribution in [3.63, 3.8) is 0 Å². The molecular formula is C30H41N3O4. The fraction of sp³-hybridized carbons (Fsp3) is 0.433. The van der Waals surface area contributed by atoms with Crippen LogP contribution < -0.4 is 10.6 Å². The number of alkyl carbamates (subject to hydrolysis) is 1. The third-order valence-corrected chi connectivity index (χ3v) is 5.65. The van der Waals surface area contributed by atoms with Gasteiger partial charge in [-0.1, -0.05) is 75.0 Å². The van der Waals surface area contributed by atoms with E-state index < -0.39 is 23.8 Å². The van der Waals surface area contributed by atoms with Gasteiger partial charge in [-0.2, -0.15) is 0 Å². The maximum Gasteiger partial charge on any atom is 0.408 e. The number of hydrogen-bond acceptors (Lipinski definition) is 4. The molecule has 200 valence electrons. The van der Waals surface area contributed by atoms with Crippen molar-refractivity contribution in [2.24, 2.45) is 5.92 Å². The molecule has 2 rings (SSSR count). The first-order chi connectivity index (χ1) is 17.4. The minimum atomic E-state index is -0.892. The van der Waals surface area contributed by atoms with E-state index in [4.69, 9.17) is 4.74 Å². The summed E-state index contributed by atoms with van der Waals surface area (Å²) < 4.78 is 5.41. The molecule has 2 N–H and O–H groups in total. The lowest BCUT2D eigenvalue weighted by molar-refractivity contribution is -0.142. The van der Waals surface area contributed by atoms with Crippen molar-refractivity contribution < 1.29 is 19.1 Å².